The van der Waals surface area contributed by atoms with E-state index in [9.17, 15) is 14.9 Å². The Kier molecular flexibility index (Phi) is 3.56. The lowest BCUT2D eigenvalue weighted by atomic mass is 10.1. The summed E-state index contributed by atoms with van der Waals surface area (Å²) in [5.74, 6) is -0.279. The Morgan fingerprint density at radius 3 is 2.42 bits per heavy atom. The Morgan fingerprint density at radius 1 is 1.16 bits per heavy atom. The van der Waals surface area contributed by atoms with Gasteiger partial charge in [0.15, 0.2) is 0 Å². The summed E-state index contributed by atoms with van der Waals surface area (Å²) in [6.45, 7) is 1.67. The number of nitro benzene ring substituents is 1. The number of non-ortho nitro benzene ring substituents is 1. The van der Waals surface area contributed by atoms with Crippen LogP contribution in [0.2, 0.25) is 0 Å². The molecule has 2 aromatic rings. The molecule has 5 heteroatoms. The lowest BCUT2D eigenvalue weighted by Gasteiger charge is -2.07. The highest BCUT2D eigenvalue weighted by atomic mass is 16.6. The van der Waals surface area contributed by atoms with Crippen molar-refractivity contribution in [3.63, 3.8) is 0 Å². The molecule has 5 nitrogen and oxygen atoms in total. The number of hydrogen-bond donors (Lipinski definition) is 1. The molecule has 0 aliphatic heterocycles. The van der Waals surface area contributed by atoms with Gasteiger partial charge in [-0.1, -0.05) is 18.2 Å². The van der Waals surface area contributed by atoms with Crippen molar-refractivity contribution >= 4 is 17.3 Å². The van der Waals surface area contributed by atoms with Crippen molar-refractivity contribution in [2.45, 2.75) is 6.92 Å². The number of nitro groups is 1. The minimum atomic E-state index is -0.480. The van der Waals surface area contributed by atoms with E-state index < -0.39 is 4.92 Å². The molecule has 0 radical (unpaired) electrons. The van der Waals surface area contributed by atoms with Crippen molar-refractivity contribution in [3.05, 3.63) is 69.8 Å². The molecule has 0 saturated carbocycles. The second kappa shape index (κ2) is 5.30. The predicted octanol–water partition coefficient (Wildman–Crippen LogP) is 3.16. The van der Waals surface area contributed by atoms with Crippen LogP contribution in [0.25, 0.3) is 0 Å². The van der Waals surface area contributed by atoms with Gasteiger partial charge in [0.2, 0.25) is 0 Å². The maximum Gasteiger partial charge on any atom is 0.269 e. The zero-order chi connectivity index (χ0) is 13.8. The Bertz CT molecular complexity index is 624. The number of aryl methyl sites for hydroxylation is 1. The number of rotatable bonds is 3. The highest BCUT2D eigenvalue weighted by molar-refractivity contribution is 6.05. The van der Waals surface area contributed by atoms with Gasteiger partial charge in [-0.2, -0.15) is 0 Å². The topological polar surface area (TPSA) is 72.2 Å². The summed E-state index contributed by atoms with van der Waals surface area (Å²) in [5, 5.41) is 13.4. The molecule has 0 saturated heterocycles. The number of carbonyl (C=O) groups is 1. The summed E-state index contributed by atoms with van der Waals surface area (Å²) in [4.78, 5) is 22.2. The van der Waals surface area contributed by atoms with Gasteiger partial charge >= 0.3 is 0 Å². The largest absolute Gasteiger partial charge is 0.322 e. The van der Waals surface area contributed by atoms with Crippen molar-refractivity contribution in [2.24, 2.45) is 0 Å². The van der Waals surface area contributed by atoms with Crippen LogP contribution in [-0.4, -0.2) is 10.8 Å². The molecule has 2 aromatic carbocycles. The lowest BCUT2D eigenvalue weighted by Crippen LogP contribution is -2.13. The van der Waals surface area contributed by atoms with E-state index in [1.807, 2.05) is 18.2 Å². The molecule has 0 heterocycles. The van der Waals surface area contributed by atoms with Crippen LogP contribution in [0, 0.1) is 17.0 Å². The first-order chi connectivity index (χ1) is 9.08. The number of para-hydroxylation sites is 1. The molecule has 0 aliphatic rings. The number of benzene rings is 2. The first-order valence-corrected chi connectivity index (χ1v) is 5.69. The summed E-state index contributed by atoms with van der Waals surface area (Å²) in [7, 11) is 0. The van der Waals surface area contributed by atoms with Crippen LogP contribution in [0.15, 0.2) is 48.5 Å². The average molecular weight is 256 g/mol. The molecule has 0 spiro atoms. The van der Waals surface area contributed by atoms with Crippen LogP contribution in [0.4, 0.5) is 11.4 Å². The third kappa shape index (κ3) is 2.95. The maximum absolute atomic E-state index is 12.0. The molecular weight excluding hydrogens is 244 g/mol. The molecule has 0 aliphatic carbocycles. The van der Waals surface area contributed by atoms with E-state index in [1.54, 1.807) is 19.1 Å². The number of nitrogens with one attached hydrogen (secondary N) is 1. The molecule has 96 valence electrons. The average Bonchev–Trinajstić information content (AvgIpc) is 2.39. The number of nitrogens with zero attached hydrogens (tertiary/aromatic N) is 1. The molecule has 0 atom stereocenters. The van der Waals surface area contributed by atoms with Gasteiger partial charge in [-0.15, -0.1) is 0 Å². The summed E-state index contributed by atoms with van der Waals surface area (Å²) >= 11 is 0. The van der Waals surface area contributed by atoms with E-state index in [0.717, 1.165) is 0 Å². The third-order valence-electron chi connectivity index (χ3n) is 2.70. The summed E-state index contributed by atoms with van der Waals surface area (Å²) < 4.78 is 0. The summed E-state index contributed by atoms with van der Waals surface area (Å²) in [5.41, 5.74) is 1.66. The quantitative estimate of drug-likeness (QED) is 0.677. The molecule has 0 fully saturated rings. The number of amides is 1. The Hall–Kier alpha value is -2.69. The van der Waals surface area contributed by atoms with E-state index in [0.29, 0.717) is 16.8 Å². The van der Waals surface area contributed by atoms with Crippen LogP contribution in [0.1, 0.15) is 15.9 Å². The van der Waals surface area contributed by atoms with E-state index in [-0.39, 0.29) is 11.6 Å². The second-order valence-corrected chi connectivity index (χ2v) is 4.08. The normalized spacial score (nSPS) is 9.95. The molecular formula is C14H12N2O3. The minimum Gasteiger partial charge on any atom is -0.322 e. The summed E-state index contributed by atoms with van der Waals surface area (Å²) in [6, 6.07) is 13.2. The molecule has 0 unspecified atom stereocenters. The van der Waals surface area contributed by atoms with Crippen molar-refractivity contribution in [1.29, 1.82) is 0 Å². The zero-order valence-electron chi connectivity index (χ0n) is 10.3. The van der Waals surface area contributed by atoms with Crippen LogP contribution in [0.5, 0.6) is 0 Å². The van der Waals surface area contributed by atoms with E-state index in [4.69, 9.17) is 0 Å². The SMILES string of the molecule is Cc1cc([N+](=O)[O-])ccc1C(=O)Nc1ccccc1. The lowest BCUT2D eigenvalue weighted by molar-refractivity contribution is -0.384. The molecule has 0 bridgehead atoms. The third-order valence-corrected chi connectivity index (χ3v) is 2.70. The van der Waals surface area contributed by atoms with Crippen LogP contribution >= 0.6 is 0 Å². The molecule has 2 rings (SSSR count). The maximum atomic E-state index is 12.0. The monoisotopic (exact) mass is 256 g/mol. The van der Waals surface area contributed by atoms with Gasteiger partial charge in [0.05, 0.1) is 4.92 Å². The fraction of sp³-hybridized carbons (Fsp3) is 0.0714. The van der Waals surface area contributed by atoms with Crippen LogP contribution in [0.3, 0.4) is 0 Å². The highest BCUT2D eigenvalue weighted by Gasteiger charge is 2.13. The van der Waals surface area contributed by atoms with Crippen molar-refractivity contribution in [1.82, 2.24) is 0 Å². The number of hydrogen-bond acceptors (Lipinski definition) is 3. The predicted molar refractivity (Wildman–Crippen MR) is 72.2 cm³/mol. The van der Waals surface area contributed by atoms with Gasteiger partial charge in [-0.25, -0.2) is 0 Å². The van der Waals surface area contributed by atoms with Crippen molar-refractivity contribution < 1.29 is 9.72 Å². The minimum absolute atomic E-state index is 0.0197. The van der Waals surface area contributed by atoms with Gasteiger partial charge in [0.25, 0.3) is 11.6 Å². The highest BCUT2D eigenvalue weighted by Crippen LogP contribution is 2.18. The standard InChI is InChI=1S/C14H12N2O3/c1-10-9-12(16(18)19)7-8-13(10)14(17)15-11-5-3-2-4-6-11/h2-9H,1H3,(H,15,17). The van der Waals surface area contributed by atoms with Crippen molar-refractivity contribution in [2.75, 3.05) is 5.32 Å². The second-order valence-electron chi connectivity index (χ2n) is 4.08. The Balaban J connectivity index is 2.22. The first kappa shape index (κ1) is 12.8. The smallest absolute Gasteiger partial charge is 0.269 e. The molecule has 1 N–H and O–H groups in total. The number of anilines is 1. The van der Waals surface area contributed by atoms with Crippen LogP contribution < -0.4 is 5.32 Å². The molecule has 1 amide bonds. The molecule has 19 heavy (non-hydrogen) atoms. The fourth-order valence-corrected chi connectivity index (χ4v) is 1.74. The Morgan fingerprint density at radius 2 is 1.84 bits per heavy atom. The Labute approximate surface area is 110 Å². The van der Waals surface area contributed by atoms with Gasteiger partial charge in [-0.05, 0) is 30.7 Å². The molecule has 0 aromatic heterocycles. The fourth-order valence-electron chi connectivity index (χ4n) is 1.74. The van der Waals surface area contributed by atoms with Crippen LogP contribution in [-0.2, 0) is 0 Å². The van der Waals surface area contributed by atoms with E-state index in [2.05, 4.69) is 5.32 Å². The van der Waals surface area contributed by atoms with Gasteiger partial charge in [0.1, 0.15) is 0 Å². The first-order valence-electron chi connectivity index (χ1n) is 5.69. The van der Waals surface area contributed by atoms with Gasteiger partial charge in [0, 0.05) is 23.4 Å². The van der Waals surface area contributed by atoms with Gasteiger partial charge in [-0.3, -0.25) is 14.9 Å². The van der Waals surface area contributed by atoms with E-state index >= 15 is 0 Å². The number of carbonyl (C=O) groups excluding carboxylic acids is 1. The van der Waals surface area contributed by atoms with Crippen molar-refractivity contribution in [3.8, 4) is 0 Å². The zero-order valence-corrected chi connectivity index (χ0v) is 10.3. The van der Waals surface area contributed by atoms with E-state index in [1.165, 1.54) is 18.2 Å². The van der Waals surface area contributed by atoms with Gasteiger partial charge < -0.3 is 5.32 Å². The summed E-state index contributed by atoms with van der Waals surface area (Å²) in [6.07, 6.45) is 0.